The Kier molecular flexibility index (Phi) is 4.76. The molecule has 3 rings (SSSR count). The van der Waals surface area contributed by atoms with Crippen molar-refractivity contribution in [1.29, 1.82) is 0 Å². The van der Waals surface area contributed by atoms with Gasteiger partial charge in [0.15, 0.2) is 5.82 Å². The first-order chi connectivity index (χ1) is 11.2. The summed E-state index contributed by atoms with van der Waals surface area (Å²) in [5, 5.41) is 12.3. The summed E-state index contributed by atoms with van der Waals surface area (Å²) in [6.07, 6.45) is 2.41. The van der Waals surface area contributed by atoms with Crippen LogP contribution in [-0.4, -0.2) is 48.4 Å². The van der Waals surface area contributed by atoms with Crippen molar-refractivity contribution >= 4 is 5.82 Å². The van der Waals surface area contributed by atoms with E-state index < -0.39 is 0 Å². The van der Waals surface area contributed by atoms with Crippen LogP contribution in [0.2, 0.25) is 0 Å². The number of rotatable bonds is 4. The van der Waals surface area contributed by atoms with Crippen molar-refractivity contribution in [2.24, 2.45) is 0 Å². The highest BCUT2D eigenvalue weighted by molar-refractivity contribution is 5.63. The van der Waals surface area contributed by atoms with Crippen LogP contribution >= 0.6 is 0 Å². The number of benzene rings is 1. The van der Waals surface area contributed by atoms with Gasteiger partial charge < -0.3 is 15.0 Å². The largest absolute Gasteiger partial charge is 0.497 e. The molecular weight excluding hydrogens is 288 g/mol. The van der Waals surface area contributed by atoms with Gasteiger partial charge in [-0.15, -0.1) is 10.2 Å². The number of likely N-dealkylation sites (N-methyl/N-ethyl adjacent to an activating group) is 1. The molecule has 0 unspecified atom stereocenters. The number of aryl methyl sites for hydroxylation is 1. The molecule has 1 aromatic heterocycles. The maximum absolute atomic E-state index is 5.28. The van der Waals surface area contributed by atoms with E-state index in [0.29, 0.717) is 6.04 Å². The quantitative estimate of drug-likeness (QED) is 0.940. The van der Waals surface area contributed by atoms with Crippen molar-refractivity contribution in [2.75, 3.05) is 32.6 Å². The smallest absolute Gasteiger partial charge is 0.151 e. The number of hydrogen-bond acceptors (Lipinski definition) is 5. The van der Waals surface area contributed by atoms with Crippen LogP contribution in [0.5, 0.6) is 5.75 Å². The minimum Gasteiger partial charge on any atom is -0.497 e. The van der Waals surface area contributed by atoms with Crippen LogP contribution in [0.4, 0.5) is 5.82 Å². The number of aromatic nitrogens is 2. The van der Waals surface area contributed by atoms with Gasteiger partial charge in [-0.25, -0.2) is 0 Å². The minimum absolute atomic E-state index is 0.449. The monoisotopic (exact) mass is 312 g/mol. The Bertz CT molecular complexity index is 674. The normalized spacial score (nSPS) is 18.7. The molecule has 23 heavy (non-hydrogen) atoms. The zero-order valence-corrected chi connectivity index (χ0v) is 14.0. The van der Waals surface area contributed by atoms with Crippen molar-refractivity contribution in [3.05, 3.63) is 35.9 Å². The van der Waals surface area contributed by atoms with Crippen LogP contribution in [0.25, 0.3) is 11.3 Å². The third-order valence-electron chi connectivity index (χ3n) is 4.32. The fourth-order valence-corrected chi connectivity index (χ4v) is 3.03. The van der Waals surface area contributed by atoms with Crippen LogP contribution < -0.4 is 10.1 Å². The SMILES string of the molecule is COc1cccc(-c2cc(C)c(N[C@@H]3CCCN(C)C3)nn2)c1. The van der Waals surface area contributed by atoms with Gasteiger partial charge in [0.2, 0.25) is 0 Å². The molecule has 1 aromatic carbocycles. The van der Waals surface area contributed by atoms with Gasteiger partial charge in [0.25, 0.3) is 0 Å². The van der Waals surface area contributed by atoms with Crippen LogP contribution in [0, 0.1) is 6.92 Å². The van der Waals surface area contributed by atoms with Crippen molar-refractivity contribution in [1.82, 2.24) is 15.1 Å². The van der Waals surface area contributed by atoms with Crippen molar-refractivity contribution in [3.8, 4) is 17.0 Å². The van der Waals surface area contributed by atoms with Crippen LogP contribution in [0.1, 0.15) is 18.4 Å². The van der Waals surface area contributed by atoms with Gasteiger partial charge in [0.05, 0.1) is 12.8 Å². The maximum Gasteiger partial charge on any atom is 0.151 e. The second kappa shape index (κ2) is 6.96. The lowest BCUT2D eigenvalue weighted by molar-refractivity contribution is 0.260. The molecule has 0 spiro atoms. The van der Waals surface area contributed by atoms with E-state index in [1.54, 1.807) is 7.11 Å². The molecule has 1 fully saturated rings. The second-order valence-corrected chi connectivity index (χ2v) is 6.24. The van der Waals surface area contributed by atoms with E-state index in [-0.39, 0.29) is 0 Å². The molecule has 0 saturated carbocycles. The lowest BCUT2D eigenvalue weighted by atomic mass is 10.1. The molecule has 1 atom stereocenters. The molecular formula is C18H24N4O. The Hall–Kier alpha value is -2.14. The van der Waals surface area contributed by atoms with E-state index in [1.165, 1.54) is 19.4 Å². The molecule has 0 bridgehead atoms. The Morgan fingerprint density at radius 3 is 2.87 bits per heavy atom. The van der Waals surface area contributed by atoms with E-state index >= 15 is 0 Å². The fraction of sp³-hybridized carbons (Fsp3) is 0.444. The average Bonchev–Trinajstić information content (AvgIpc) is 2.57. The average molecular weight is 312 g/mol. The summed E-state index contributed by atoms with van der Waals surface area (Å²) in [4.78, 5) is 2.36. The molecule has 122 valence electrons. The summed E-state index contributed by atoms with van der Waals surface area (Å²) < 4.78 is 5.28. The van der Waals surface area contributed by atoms with Crippen LogP contribution in [0.15, 0.2) is 30.3 Å². The van der Waals surface area contributed by atoms with E-state index in [1.807, 2.05) is 24.3 Å². The molecule has 0 amide bonds. The molecule has 5 nitrogen and oxygen atoms in total. The molecule has 1 saturated heterocycles. The zero-order valence-electron chi connectivity index (χ0n) is 14.0. The lowest BCUT2D eigenvalue weighted by Crippen LogP contribution is -2.40. The van der Waals surface area contributed by atoms with Gasteiger partial charge in [-0.2, -0.15) is 0 Å². The Morgan fingerprint density at radius 1 is 1.26 bits per heavy atom. The Balaban J connectivity index is 1.77. The van der Waals surface area contributed by atoms with Crippen LogP contribution in [-0.2, 0) is 0 Å². The molecule has 5 heteroatoms. The van der Waals surface area contributed by atoms with Gasteiger partial charge in [-0.05, 0) is 57.1 Å². The minimum atomic E-state index is 0.449. The number of likely N-dealkylation sites (tertiary alicyclic amines) is 1. The highest BCUT2D eigenvalue weighted by atomic mass is 16.5. The van der Waals surface area contributed by atoms with E-state index in [0.717, 1.165) is 34.9 Å². The fourth-order valence-electron chi connectivity index (χ4n) is 3.03. The third kappa shape index (κ3) is 3.79. The Morgan fingerprint density at radius 2 is 2.13 bits per heavy atom. The molecule has 0 aliphatic carbocycles. The molecule has 2 aromatic rings. The summed E-state index contributed by atoms with van der Waals surface area (Å²) in [5.41, 5.74) is 3.00. The number of nitrogens with zero attached hydrogens (tertiary/aromatic N) is 3. The maximum atomic E-state index is 5.28. The van der Waals surface area contributed by atoms with Crippen molar-refractivity contribution in [2.45, 2.75) is 25.8 Å². The first kappa shape index (κ1) is 15.7. The van der Waals surface area contributed by atoms with Gasteiger partial charge >= 0.3 is 0 Å². The number of ether oxygens (including phenoxy) is 1. The third-order valence-corrected chi connectivity index (χ3v) is 4.32. The number of piperidine rings is 1. The summed E-state index contributed by atoms with van der Waals surface area (Å²) >= 11 is 0. The highest BCUT2D eigenvalue weighted by Gasteiger charge is 2.18. The molecule has 0 radical (unpaired) electrons. The summed E-state index contributed by atoms with van der Waals surface area (Å²) in [5.74, 6) is 1.71. The number of nitrogens with one attached hydrogen (secondary N) is 1. The van der Waals surface area contributed by atoms with Gasteiger partial charge in [0, 0.05) is 18.2 Å². The van der Waals surface area contributed by atoms with Crippen molar-refractivity contribution < 1.29 is 4.74 Å². The number of methoxy groups -OCH3 is 1. The molecule has 1 aliphatic heterocycles. The van der Waals surface area contributed by atoms with Crippen molar-refractivity contribution in [3.63, 3.8) is 0 Å². The summed E-state index contributed by atoms with van der Waals surface area (Å²) in [6.45, 7) is 4.31. The number of anilines is 1. The Labute approximate surface area is 137 Å². The van der Waals surface area contributed by atoms with E-state index in [4.69, 9.17) is 4.74 Å². The lowest BCUT2D eigenvalue weighted by Gasteiger charge is -2.30. The topological polar surface area (TPSA) is 50.3 Å². The second-order valence-electron chi connectivity index (χ2n) is 6.24. The zero-order chi connectivity index (χ0) is 16.2. The van der Waals surface area contributed by atoms with E-state index in [2.05, 4.69) is 40.5 Å². The van der Waals surface area contributed by atoms with Gasteiger partial charge in [-0.1, -0.05) is 12.1 Å². The van der Waals surface area contributed by atoms with Gasteiger partial charge in [0.1, 0.15) is 5.75 Å². The first-order valence-corrected chi connectivity index (χ1v) is 8.09. The molecule has 2 heterocycles. The van der Waals surface area contributed by atoms with E-state index in [9.17, 15) is 0 Å². The van der Waals surface area contributed by atoms with Crippen LogP contribution in [0.3, 0.4) is 0 Å². The number of hydrogen-bond donors (Lipinski definition) is 1. The predicted molar refractivity (Wildman–Crippen MR) is 92.9 cm³/mol. The predicted octanol–water partition coefficient (Wildman–Crippen LogP) is 2.97. The molecule has 1 aliphatic rings. The first-order valence-electron chi connectivity index (χ1n) is 8.09. The summed E-state index contributed by atoms with van der Waals surface area (Å²) in [6, 6.07) is 10.4. The van der Waals surface area contributed by atoms with Gasteiger partial charge in [-0.3, -0.25) is 0 Å². The standard InChI is InChI=1S/C18H24N4O/c1-13-10-17(14-6-4-8-16(11-14)23-3)20-21-18(13)19-15-7-5-9-22(2)12-15/h4,6,8,10-11,15H,5,7,9,12H2,1-3H3,(H,19,21)/t15-/m1/s1. The summed E-state index contributed by atoms with van der Waals surface area (Å²) in [7, 11) is 3.84. The highest BCUT2D eigenvalue weighted by Crippen LogP contribution is 2.24. The molecule has 1 N–H and O–H groups in total.